The summed E-state index contributed by atoms with van der Waals surface area (Å²) < 4.78 is 10.5. The quantitative estimate of drug-likeness (QED) is 0.840. The minimum atomic E-state index is -0.487. The normalized spacial score (nSPS) is 21.2. The third-order valence-electron chi connectivity index (χ3n) is 3.87. The number of benzene rings is 1. The van der Waals surface area contributed by atoms with Crippen molar-refractivity contribution in [2.75, 3.05) is 33.4 Å². The van der Waals surface area contributed by atoms with Crippen molar-refractivity contribution in [3.05, 3.63) is 29.8 Å². The van der Waals surface area contributed by atoms with Gasteiger partial charge >= 0.3 is 0 Å². The van der Waals surface area contributed by atoms with Crippen LogP contribution in [0.25, 0.3) is 0 Å². The lowest BCUT2D eigenvalue weighted by Crippen LogP contribution is -2.45. The Morgan fingerprint density at radius 2 is 2.23 bits per heavy atom. The Hall–Kier alpha value is -2.08. The van der Waals surface area contributed by atoms with E-state index in [0.29, 0.717) is 39.1 Å². The van der Waals surface area contributed by atoms with Gasteiger partial charge in [0.1, 0.15) is 5.75 Å². The van der Waals surface area contributed by atoms with Crippen molar-refractivity contribution >= 4 is 11.6 Å². The predicted molar refractivity (Wildman–Crippen MR) is 81.0 cm³/mol. The Labute approximate surface area is 129 Å². The lowest BCUT2D eigenvalue weighted by Gasteiger charge is -2.28. The van der Waals surface area contributed by atoms with Crippen LogP contribution in [-0.2, 0) is 20.8 Å². The molecule has 1 aromatic carbocycles. The number of ether oxygens (including phenoxy) is 2. The molecule has 3 rings (SSSR count). The van der Waals surface area contributed by atoms with Crippen molar-refractivity contribution in [3.8, 4) is 5.75 Å². The molecule has 118 valence electrons. The Morgan fingerprint density at radius 1 is 1.41 bits per heavy atom. The zero-order chi connectivity index (χ0) is 15.4. The van der Waals surface area contributed by atoms with Crippen LogP contribution in [0.5, 0.6) is 5.75 Å². The number of morpholine rings is 1. The molecule has 0 radical (unpaired) electrons. The molecule has 2 aliphatic heterocycles. The fourth-order valence-corrected chi connectivity index (χ4v) is 2.67. The van der Waals surface area contributed by atoms with Gasteiger partial charge in [-0.25, -0.2) is 0 Å². The third-order valence-corrected chi connectivity index (χ3v) is 3.87. The van der Waals surface area contributed by atoms with Gasteiger partial charge in [0.05, 0.1) is 26.0 Å². The molecule has 1 atom stereocenters. The maximum absolute atomic E-state index is 12.4. The summed E-state index contributed by atoms with van der Waals surface area (Å²) in [7, 11) is 1.65. The first-order valence-electron chi connectivity index (χ1n) is 7.47. The minimum Gasteiger partial charge on any atom is -0.497 e. The molecule has 2 aliphatic rings. The molecule has 0 bridgehead atoms. The Bertz CT molecular complexity index is 567. The van der Waals surface area contributed by atoms with Gasteiger partial charge in [-0.2, -0.15) is 0 Å². The number of amides is 1. The zero-order valence-electron chi connectivity index (χ0n) is 12.7. The average Bonchev–Trinajstić information content (AvgIpc) is 3.03. The van der Waals surface area contributed by atoms with Gasteiger partial charge in [0.15, 0.2) is 0 Å². The molecular formula is C16H20N2O4. The molecule has 6 nitrogen and oxygen atoms in total. The van der Waals surface area contributed by atoms with Gasteiger partial charge in [0.25, 0.3) is 5.91 Å². The van der Waals surface area contributed by atoms with Gasteiger partial charge in [-0.05, 0) is 17.7 Å². The van der Waals surface area contributed by atoms with Crippen molar-refractivity contribution < 1.29 is 19.1 Å². The van der Waals surface area contributed by atoms with Crippen LogP contribution in [0.15, 0.2) is 29.4 Å². The van der Waals surface area contributed by atoms with Crippen molar-refractivity contribution in [1.29, 1.82) is 0 Å². The lowest BCUT2D eigenvalue weighted by molar-refractivity contribution is -0.146. The Kier molecular flexibility index (Phi) is 4.58. The molecule has 1 unspecified atom stereocenters. The number of rotatable bonds is 4. The molecule has 0 N–H and O–H groups in total. The van der Waals surface area contributed by atoms with E-state index >= 15 is 0 Å². The average molecular weight is 304 g/mol. The van der Waals surface area contributed by atoms with E-state index < -0.39 is 6.10 Å². The number of hydrogen-bond acceptors (Lipinski definition) is 5. The van der Waals surface area contributed by atoms with Crippen LogP contribution >= 0.6 is 0 Å². The zero-order valence-corrected chi connectivity index (χ0v) is 12.7. The van der Waals surface area contributed by atoms with E-state index in [0.717, 1.165) is 17.0 Å². The molecule has 1 aromatic rings. The molecular weight excluding hydrogens is 284 g/mol. The van der Waals surface area contributed by atoms with Gasteiger partial charge in [0, 0.05) is 25.9 Å². The van der Waals surface area contributed by atoms with Crippen LogP contribution < -0.4 is 4.74 Å². The van der Waals surface area contributed by atoms with E-state index in [-0.39, 0.29) is 5.91 Å². The molecule has 0 saturated carbocycles. The lowest BCUT2D eigenvalue weighted by atomic mass is 10.0. The van der Waals surface area contributed by atoms with Crippen molar-refractivity contribution in [3.63, 3.8) is 0 Å². The highest BCUT2D eigenvalue weighted by molar-refractivity contribution is 5.94. The SMILES string of the molecule is COc1cccc(CC2=NOC(C(=O)N3CCOCC3)C2)c1. The summed E-state index contributed by atoms with van der Waals surface area (Å²) in [6.07, 6.45) is 0.732. The van der Waals surface area contributed by atoms with E-state index in [1.165, 1.54) is 0 Å². The topological polar surface area (TPSA) is 60.4 Å². The highest BCUT2D eigenvalue weighted by atomic mass is 16.6. The van der Waals surface area contributed by atoms with Gasteiger partial charge in [-0.3, -0.25) is 4.79 Å². The predicted octanol–water partition coefficient (Wildman–Crippen LogP) is 1.24. The molecule has 1 fully saturated rings. The summed E-state index contributed by atoms with van der Waals surface area (Å²) in [6.45, 7) is 2.44. The first-order valence-corrected chi connectivity index (χ1v) is 7.47. The van der Waals surface area contributed by atoms with Crippen molar-refractivity contribution in [2.45, 2.75) is 18.9 Å². The summed E-state index contributed by atoms with van der Waals surface area (Å²) in [6, 6.07) is 7.84. The fraction of sp³-hybridized carbons (Fsp3) is 0.500. The number of methoxy groups -OCH3 is 1. The van der Waals surface area contributed by atoms with Gasteiger partial charge in [-0.1, -0.05) is 17.3 Å². The van der Waals surface area contributed by atoms with E-state index in [9.17, 15) is 4.79 Å². The van der Waals surface area contributed by atoms with E-state index in [4.69, 9.17) is 14.3 Å². The molecule has 22 heavy (non-hydrogen) atoms. The van der Waals surface area contributed by atoms with E-state index in [1.54, 1.807) is 12.0 Å². The van der Waals surface area contributed by atoms with E-state index in [2.05, 4.69) is 5.16 Å². The highest BCUT2D eigenvalue weighted by Crippen LogP contribution is 2.19. The molecule has 1 amide bonds. The number of carbonyl (C=O) groups is 1. The maximum atomic E-state index is 12.4. The van der Waals surface area contributed by atoms with Crippen molar-refractivity contribution in [1.82, 2.24) is 4.90 Å². The Morgan fingerprint density at radius 3 is 3.00 bits per heavy atom. The van der Waals surface area contributed by atoms with E-state index in [1.807, 2.05) is 24.3 Å². The second-order valence-electron chi connectivity index (χ2n) is 5.42. The van der Waals surface area contributed by atoms with Crippen LogP contribution in [-0.4, -0.2) is 56.0 Å². The van der Waals surface area contributed by atoms with Crippen LogP contribution in [0.3, 0.4) is 0 Å². The standard InChI is InChI=1S/C16H20N2O4/c1-20-14-4-2-3-12(10-14)9-13-11-15(22-17-13)16(19)18-5-7-21-8-6-18/h2-4,10,15H,5-9,11H2,1H3. The molecule has 1 saturated heterocycles. The van der Waals surface area contributed by atoms with Crippen LogP contribution in [0, 0.1) is 0 Å². The smallest absolute Gasteiger partial charge is 0.267 e. The Balaban J connectivity index is 1.56. The number of carbonyl (C=O) groups excluding carboxylic acids is 1. The fourth-order valence-electron chi connectivity index (χ4n) is 2.67. The summed E-state index contributed by atoms with van der Waals surface area (Å²) >= 11 is 0. The first-order chi connectivity index (χ1) is 10.8. The number of hydrogen-bond donors (Lipinski definition) is 0. The second-order valence-corrected chi connectivity index (χ2v) is 5.42. The summed E-state index contributed by atoms with van der Waals surface area (Å²) in [5.74, 6) is 0.825. The summed E-state index contributed by atoms with van der Waals surface area (Å²) in [5.41, 5.74) is 1.99. The molecule has 6 heteroatoms. The molecule has 2 heterocycles. The van der Waals surface area contributed by atoms with Crippen LogP contribution in [0.2, 0.25) is 0 Å². The largest absolute Gasteiger partial charge is 0.497 e. The molecule has 0 spiro atoms. The maximum Gasteiger partial charge on any atom is 0.267 e. The van der Waals surface area contributed by atoms with Gasteiger partial charge in [-0.15, -0.1) is 0 Å². The highest BCUT2D eigenvalue weighted by Gasteiger charge is 2.32. The minimum absolute atomic E-state index is 0.00712. The molecule has 0 aromatic heterocycles. The number of oxime groups is 1. The second kappa shape index (κ2) is 6.79. The van der Waals surface area contributed by atoms with Gasteiger partial charge in [0.2, 0.25) is 6.10 Å². The summed E-state index contributed by atoms with van der Waals surface area (Å²) in [5, 5.41) is 4.08. The summed E-state index contributed by atoms with van der Waals surface area (Å²) in [4.78, 5) is 19.5. The van der Waals surface area contributed by atoms with Gasteiger partial charge < -0.3 is 19.2 Å². The van der Waals surface area contributed by atoms with Crippen LogP contribution in [0.4, 0.5) is 0 Å². The third kappa shape index (κ3) is 3.39. The van der Waals surface area contributed by atoms with Crippen molar-refractivity contribution in [2.24, 2.45) is 5.16 Å². The first kappa shape index (κ1) is 14.8. The number of nitrogens with zero attached hydrogens (tertiary/aromatic N) is 2. The molecule has 0 aliphatic carbocycles. The monoisotopic (exact) mass is 304 g/mol. The van der Waals surface area contributed by atoms with Crippen LogP contribution in [0.1, 0.15) is 12.0 Å².